The SMILES string of the molecule is COC(=O)C(C)NS(=O)(=O)N1CCCCC1C(=O)O. The van der Waals surface area contributed by atoms with E-state index in [1.807, 2.05) is 0 Å². The average molecular weight is 294 g/mol. The first-order chi connectivity index (χ1) is 8.79. The lowest BCUT2D eigenvalue weighted by molar-refractivity contribution is -0.142. The summed E-state index contributed by atoms with van der Waals surface area (Å²) < 4.78 is 31.6. The van der Waals surface area contributed by atoms with Gasteiger partial charge in [0.2, 0.25) is 0 Å². The van der Waals surface area contributed by atoms with Crippen molar-refractivity contribution in [1.29, 1.82) is 0 Å². The third-order valence-corrected chi connectivity index (χ3v) is 4.63. The second-order valence-electron chi connectivity index (χ2n) is 4.33. The number of piperidine rings is 1. The largest absolute Gasteiger partial charge is 0.480 e. The molecule has 110 valence electrons. The first kappa shape index (κ1) is 15.9. The van der Waals surface area contributed by atoms with Crippen molar-refractivity contribution in [2.24, 2.45) is 0 Å². The Bertz CT molecular complexity index is 449. The van der Waals surface area contributed by atoms with Crippen LogP contribution in [0.3, 0.4) is 0 Å². The fourth-order valence-electron chi connectivity index (χ4n) is 1.96. The number of nitrogens with one attached hydrogen (secondary N) is 1. The van der Waals surface area contributed by atoms with Gasteiger partial charge < -0.3 is 9.84 Å². The zero-order valence-electron chi connectivity index (χ0n) is 10.8. The van der Waals surface area contributed by atoms with Crippen molar-refractivity contribution < 1.29 is 27.9 Å². The molecule has 0 bridgehead atoms. The molecule has 1 aliphatic heterocycles. The van der Waals surface area contributed by atoms with E-state index in [1.54, 1.807) is 0 Å². The van der Waals surface area contributed by atoms with Gasteiger partial charge >= 0.3 is 11.9 Å². The molecule has 2 atom stereocenters. The summed E-state index contributed by atoms with van der Waals surface area (Å²) in [4.78, 5) is 22.3. The maximum absolute atomic E-state index is 12.1. The summed E-state index contributed by atoms with van der Waals surface area (Å²) in [5.41, 5.74) is 0. The van der Waals surface area contributed by atoms with Crippen LogP contribution in [0.25, 0.3) is 0 Å². The molecule has 0 saturated carbocycles. The lowest BCUT2D eigenvalue weighted by atomic mass is 10.1. The molecule has 19 heavy (non-hydrogen) atoms. The summed E-state index contributed by atoms with van der Waals surface area (Å²) in [5, 5.41) is 9.04. The molecule has 0 radical (unpaired) electrons. The summed E-state index contributed by atoms with van der Waals surface area (Å²) in [5.74, 6) is -1.91. The van der Waals surface area contributed by atoms with Crippen molar-refractivity contribution in [3.05, 3.63) is 0 Å². The van der Waals surface area contributed by atoms with Crippen LogP contribution in [0.2, 0.25) is 0 Å². The van der Waals surface area contributed by atoms with E-state index in [0.29, 0.717) is 12.8 Å². The lowest BCUT2D eigenvalue weighted by Gasteiger charge is -2.32. The molecule has 0 aromatic heterocycles. The van der Waals surface area contributed by atoms with E-state index in [1.165, 1.54) is 6.92 Å². The third kappa shape index (κ3) is 3.88. The summed E-state index contributed by atoms with van der Waals surface area (Å²) in [6.07, 6.45) is 1.52. The average Bonchev–Trinajstić information content (AvgIpc) is 2.37. The van der Waals surface area contributed by atoms with E-state index < -0.39 is 34.2 Å². The Kier molecular flexibility index (Phi) is 5.27. The van der Waals surface area contributed by atoms with E-state index in [-0.39, 0.29) is 13.0 Å². The smallest absolute Gasteiger partial charge is 0.323 e. The number of rotatable bonds is 5. The monoisotopic (exact) mass is 294 g/mol. The highest BCUT2D eigenvalue weighted by molar-refractivity contribution is 7.87. The molecule has 1 saturated heterocycles. The van der Waals surface area contributed by atoms with Gasteiger partial charge in [0.25, 0.3) is 10.2 Å². The predicted molar refractivity (Wildman–Crippen MR) is 65.5 cm³/mol. The van der Waals surface area contributed by atoms with Gasteiger partial charge in [0.05, 0.1) is 7.11 Å². The Labute approximate surface area is 111 Å². The van der Waals surface area contributed by atoms with E-state index in [2.05, 4.69) is 9.46 Å². The maximum Gasteiger partial charge on any atom is 0.323 e. The highest BCUT2D eigenvalue weighted by atomic mass is 32.2. The zero-order valence-corrected chi connectivity index (χ0v) is 11.6. The van der Waals surface area contributed by atoms with Gasteiger partial charge in [-0.1, -0.05) is 0 Å². The molecule has 0 spiro atoms. The molecule has 1 fully saturated rings. The standard InChI is InChI=1S/C10H18N2O6S/c1-7(10(15)18-2)11-19(16,17)12-6-4-3-5-8(12)9(13)14/h7-8,11H,3-6H2,1-2H3,(H,13,14). The van der Waals surface area contributed by atoms with Crippen LogP contribution in [0.4, 0.5) is 0 Å². The minimum atomic E-state index is -4.03. The summed E-state index contributed by atoms with van der Waals surface area (Å²) in [6, 6.07) is -2.15. The number of nitrogens with zero attached hydrogens (tertiary/aromatic N) is 1. The number of carboxylic acids is 1. The molecular weight excluding hydrogens is 276 g/mol. The van der Waals surface area contributed by atoms with Gasteiger partial charge in [-0.15, -0.1) is 0 Å². The molecule has 1 aliphatic rings. The van der Waals surface area contributed by atoms with Crippen LogP contribution < -0.4 is 4.72 Å². The normalized spacial score (nSPS) is 22.7. The minimum absolute atomic E-state index is 0.125. The van der Waals surface area contributed by atoms with Crippen LogP contribution >= 0.6 is 0 Å². The second kappa shape index (κ2) is 6.31. The quantitative estimate of drug-likeness (QED) is 0.650. The first-order valence-electron chi connectivity index (χ1n) is 5.89. The number of methoxy groups -OCH3 is 1. The van der Waals surface area contributed by atoms with Gasteiger partial charge in [0.15, 0.2) is 0 Å². The van der Waals surface area contributed by atoms with E-state index in [4.69, 9.17) is 5.11 Å². The van der Waals surface area contributed by atoms with E-state index >= 15 is 0 Å². The molecule has 9 heteroatoms. The molecule has 0 aliphatic carbocycles. The number of ether oxygens (including phenoxy) is 1. The van der Waals surface area contributed by atoms with Gasteiger partial charge in [-0.2, -0.15) is 17.4 Å². The van der Waals surface area contributed by atoms with E-state index in [9.17, 15) is 18.0 Å². The number of aliphatic carboxylic acids is 1. The zero-order chi connectivity index (χ0) is 14.6. The van der Waals surface area contributed by atoms with Gasteiger partial charge in [-0.3, -0.25) is 9.59 Å². The second-order valence-corrected chi connectivity index (χ2v) is 5.98. The molecule has 2 N–H and O–H groups in total. The number of carboxylic acid groups (broad SMARTS) is 1. The first-order valence-corrected chi connectivity index (χ1v) is 7.33. The Morgan fingerprint density at radius 2 is 2.05 bits per heavy atom. The lowest BCUT2D eigenvalue weighted by Crippen LogP contribution is -2.54. The molecule has 1 rings (SSSR count). The minimum Gasteiger partial charge on any atom is -0.480 e. The molecule has 0 amide bonds. The molecule has 2 unspecified atom stereocenters. The molecular formula is C10H18N2O6S. The molecule has 1 heterocycles. The summed E-state index contributed by atoms with van der Waals surface area (Å²) in [7, 11) is -2.88. The van der Waals surface area contributed by atoms with Crippen LogP contribution in [0.1, 0.15) is 26.2 Å². The van der Waals surface area contributed by atoms with Crippen LogP contribution in [0.5, 0.6) is 0 Å². The maximum atomic E-state index is 12.1. The van der Waals surface area contributed by atoms with Crippen LogP contribution in [0.15, 0.2) is 0 Å². The van der Waals surface area contributed by atoms with Gasteiger partial charge in [-0.05, 0) is 26.2 Å². The van der Waals surface area contributed by atoms with Gasteiger partial charge in [0.1, 0.15) is 12.1 Å². The topological polar surface area (TPSA) is 113 Å². The Morgan fingerprint density at radius 3 is 2.58 bits per heavy atom. The fraction of sp³-hybridized carbons (Fsp3) is 0.800. The fourth-order valence-corrected chi connectivity index (χ4v) is 3.53. The number of esters is 1. The van der Waals surface area contributed by atoms with Crippen LogP contribution in [-0.2, 0) is 24.5 Å². The van der Waals surface area contributed by atoms with Gasteiger partial charge in [0, 0.05) is 6.54 Å². The molecule has 0 aromatic carbocycles. The molecule has 0 aromatic rings. The third-order valence-electron chi connectivity index (χ3n) is 2.93. The number of hydrogen-bond acceptors (Lipinski definition) is 5. The number of hydrogen-bond donors (Lipinski definition) is 2. The Balaban J connectivity index is 2.85. The highest BCUT2D eigenvalue weighted by Crippen LogP contribution is 2.20. The predicted octanol–water partition coefficient (Wildman–Crippen LogP) is -0.679. The van der Waals surface area contributed by atoms with Crippen LogP contribution in [0, 0.1) is 0 Å². The van der Waals surface area contributed by atoms with Crippen molar-refractivity contribution in [3.8, 4) is 0 Å². The Morgan fingerprint density at radius 1 is 1.42 bits per heavy atom. The van der Waals surface area contributed by atoms with Crippen LogP contribution in [-0.4, -0.2) is 55.5 Å². The van der Waals surface area contributed by atoms with Crippen molar-refractivity contribution in [2.45, 2.75) is 38.3 Å². The van der Waals surface area contributed by atoms with Crippen molar-refractivity contribution >= 4 is 22.1 Å². The summed E-state index contributed by atoms with van der Waals surface area (Å²) in [6.45, 7) is 1.46. The van der Waals surface area contributed by atoms with E-state index in [0.717, 1.165) is 11.4 Å². The Hall–Kier alpha value is -1.19. The highest BCUT2D eigenvalue weighted by Gasteiger charge is 2.38. The van der Waals surface area contributed by atoms with Crippen molar-refractivity contribution in [1.82, 2.24) is 9.03 Å². The van der Waals surface area contributed by atoms with Crippen molar-refractivity contribution in [2.75, 3.05) is 13.7 Å². The van der Waals surface area contributed by atoms with Gasteiger partial charge in [-0.25, -0.2) is 0 Å². The molecule has 8 nitrogen and oxygen atoms in total. The number of carbonyl (C=O) groups is 2. The van der Waals surface area contributed by atoms with Crippen molar-refractivity contribution in [3.63, 3.8) is 0 Å². The summed E-state index contributed by atoms with van der Waals surface area (Å²) >= 11 is 0. The number of carbonyl (C=O) groups excluding carboxylic acids is 1.